The van der Waals surface area contributed by atoms with Gasteiger partial charge in [0.1, 0.15) is 11.6 Å². The van der Waals surface area contributed by atoms with E-state index in [1.165, 1.54) is 11.6 Å². The Labute approximate surface area is 235 Å². The van der Waals surface area contributed by atoms with Gasteiger partial charge in [0, 0.05) is 37.4 Å². The molecule has 3 aromatic rings. The third-order valence-electron chi connectivity index (χ3n) is 7.76. The van der Waals surface area contributed by atoms with Gasteiger partial charge in [-0.1, -0.05) is 43.7 Å². The van der Waals surface area contributed by atoms with Crippen LogP contribution in [0.5, 0.6) is 17.2 Å². The first-order chi connectivity index (χ1) is 19.4. The van der Waals surface area contributed by atoms with Gasteiger partial charge >= 0.3 is 0 Å². The van der Waals surface area contributed by atoms with Crippen molar-refractivity contribution in [3.63, 3.8) is 0 Å². The number of aryl methyl sites for hydroxylation is 3. The number of likely N-dealkylation sites (tertiary alicyclic amines) is 1. The van der Waals surface area contributed by atoms with Crippen LogP contribution in [-0.4, -0.2) is 44.6 Å². The van der Waals surface area contributed by atoms with Gasteiger partial charge in [0.2, 0.25) is 12.7 Å². The lowest BCUT2D eigenvalue weighted by Gasteiger charge is -2.25. The molecule has 2 heterocycles. The summed E-state index contributed by atoms with van der Waals surface area (Å²) in [5.74, 6) is 1.17. The topological polar surface area (TPSA) is 69.3 Å². The van der Waals surface area contributed by atoms with Gasteiger partial charge in [0.25, 0.3) is 0 Å². The van der Waals surface area contributed by atoms with Gasteiger partial charge in [-0.2, -0.15) is 0 Å². The number of carbonyl (C=O) groups is 1. The summed E-state index contributed by atoms with van der Waals surface area (Å²) in [4.78, 5) is 15.6. The molecule has 1 amide bonds. The molecule has 0 aliphatic carbocycles. The Morgan fingerprint density at radius 3 is 2.38 bits per heavy atom. The second-order valence-corrected chi connectivity index (χ2v) is 10.4. The molecule has 2 aliphatic rings. The number of hydrogen-bond donors (Lipinski definition) is 1. The molecule has 1 saturated heterocycles. The first kappa shape index (κ1) is 27.9. The van der Waals surface area contributed by atoms with Crippen LogP contribution < -0.4 is 19.5 Å². The van der Waals surface area contributed by atoms with Crippen LogP contribution in [0.3, 0.4) is 0 Å². The molecule has 0 radical (unpaired) electrons. The fourth-order valence-corrected chi connectivity index (χ4v) is 5.83. The van der Waals surface area contributed by atoms with Gasteiger partial charge in [-0.3, -0.25) is 9.69 Å². The highest BCUT2D eigenvalue weighted by molar-refractivity contribution is 5.94. The van der Waals surface area contributed by atoms with Crippen molar-refractivity contribution in [2.75, 3.05) is 39.1 Å². The number of nitrogens with one attached hydrogen (secondary N) is 1. The summed E-state index contributed by atoms with van der Waals surface area (Å²) in [6.07, 6.45) is 2.33. The minimum atomic E-state index is -0.317. The lowest BCUT2D eigenvalue weighted by atomic mass is 9.93. The van der Waals surface area contributed by atoms with Crippen LogP contribution in [0.25, 0.3) is 0 Å². The molecule has 8 heteroatoms. The Balaban J connectivity index is 1.40. The standard InChI is InChI=1S/C32H37FN2O5/c1-5-21-11-20(3)12-22(6-2)32(21)34-31(36)17-35-16-24(26-14-29-30(15-27(26)33)40-19-39-29)13-28(35)23-7-9-25(10-8-23)38-18-37-4/h7-12,14-15,24,28H,5-6,13,16-19H2,1-4H3,(H,34,36)/t24-,28-/m1/s1. The van der Waals surface area contributed by atoms with E-state index in [0.29, 0.717) is 35.8 Å². The summed E-state index contributed by atoms with van der Waals surface area (Å²) in [7, 11) is 1.58. The van der Waals surface area contributed by atoms with Gasteiger partial charge in [-0.25, -0.2) is 4.39 Å². The first-order valence-electron chi connectivity index (χ1n) is 13.9. The summed E-state index contributed by atoms with van der Waals surface area (Å²) in [5.41, 5.74) is 6.00. The van der Waals surface area contributed by atoms with E-state index < -0.39 is 0 Å². The number of nitrogens with zero attached hydrogens (tertiary/aromatic N) is 1. The predicted molar refractivity (Wildman–Crippen MR) is 152 cm³/mol. The van der Waals surface area contributed by atoms with E-state index in [-0.39, 0.29) is 43.8 Å². The molecule has 2 aliphatic heterocycles. The van der Waals surface area contributed by atoms with Crippen LogP contribution in [0, 0.1) is 12.7 Å². The summed E-state index contributed by atoms with van der Waals surface area (Å²) >= 11 is 0. The Kier molecular flexibility index (Phi) is 8.57. The number of rotatable bonds is 10. The van der Waals surface area contributed by atoms with Crippen molar-refractivity contribution in [1.29, 1.82) is 0 Å². The lowest BCUT2D eigenvalue weighted by molar-refractivity contribution is -0.117. The molecule has 0 saturated carbocycles. The zero-order chi connectivity index (χ0) is 28.2. The third-order valence-corrected chi connectivity index (χ3v) is 7.76. The van der Waals surface area contributed by atoms with E-state index in [0.717, 1.165) is 35.2 Å². The number of hydrogen-bond acceptors (Lipinski definition) is 6. The van der Waals surface area contributed by atoms with E-state index in [4.69, 9.17) is 18.9 Å². The number of carbonyl (C=O) groups excluding carboxylic acids is 1. The van der Waals surface area contributed by atoms with Gasteiger partial charge in [0.05, 0.1) is 6.54 Å². The van der Waals surface area contributed by atoms with Crippen LogP contribution in [0.2, 0.25) is 0 Å². The summed E-state index contributed by atoms with van der Waals surface area (Å²) in [6.45, 7) is 7.27. The lowest BCUT2D eigenvalue weighted by Crippen LogP contribution is -2.33. The van der Waals surface area contributed by atoms with Crippen molar-refractivity contribution in [1.82, 2.24) is 4.90 Å². The van der Waals surface area contributed by atoms with E-state index >= 15 is 4.39 Å². The van der Waals surface area contributed by atoms with Gasteiger partial charge < -0.3 is 24.3 Å². The number of fused-ring (bicyclic) bond motifs is 1. The number of amides is 1. The molecule has 1 fully saturated rings. The van der Waals surface area contributed by atoms with Crippen molar-refractivity contribution in [3.05, 3.63) is 82.2 Å². The Morgan fingerprint density at radius 1 is 1.05 bits per heavy atom. The van der Waals surface area contributed by atoms with E-state index in [2.05, 4.69) is 43.1 Å². The normalized spacial score (nSPS) is 18.2. The van der Waals surface area contributed by atoms with Crippen molar-refractivity contribution in [3.8, 4) is 17.2 Å². The van der Waals surface area contributed by atoms with Crippen molar-refractivity contribution < 1.29 is 28.1 Å². The smallest absolute Gasteiger partial charge is 0.238 e. The fraction of sp³-hybridized carbons (Fsp3) is 0.406. The third kappa shape index (κ3) is 5.93. The second-order valence-electron chi connectivity index (χ2n) is 10.4. The summed E-state index contributed by atoms with van der Waals surface area (Å²) in [5, 5.41) is 3.21. The zero-order valence-corrected chi connectivity index (χ0v) is 23.6. The van der Waals surface area contributed by atoms with Gasteiger partial charge in [0.15, 0.2) is 18.3 Å². The zero-order valence-electron chi connectivity index (χ0n) is 23.6. The monoisotopic (exact) mass is 548 g/mol. The van der Waals surface area contributed by atoms with E-state index in [1.54, 1.807) is 13.2 Å². The minimum Gasteiger partial charge on any atom is -0.468 e. The van der Waals surface area contributed by atoms with Crippen molar-refractivity contribution >= 4 is 11.6 Å². The van der Waals surface area contributed by atoms with Gasteiger partial charge in [-0.05, 0) is 66.6 Å². The molecule has 0 unspecified atom stereocenters. The number of benzene rings is 3. The van der Waals surface area contributed by atoms with E-state index in [1.807, 2.05) is 24.3 Å². The Hall–Kier alpha value is -3.62. The molecule has 0 aromatic heterocycles. The van der Waals surface area contributed by atoms with Crippen LogP contribution >= 0.6 is 0 Å². The Bertz CT molecular complexity index is 1340. The van der Waals surface area contributed by atoms with Crippen LogP contribution in [0.1, 0.15) is 60.0 Å². The number of anilines is 1. The van der Waals surface area contributed by atoms with E-state index in [9.17, 15) is 4.79 Å². The van der Waals surface area contributed by atoms with Crippen molar-refractivity contribution in [2.45, 2.75) is 52.0 Å². The highest BCUT2D eigenvalue weighted by Gasteiger charge is 2.37. The van der Waals surface area contributed by atoms with Gasteiger partial charge in [-0.15, -0.1) is 0 Å². The molecule has 1 N–H and O–H groups in total. The molecule has 40 heavy (non-hydrogen) atoms. The molecule has 3 aromatic carbocycles. The predicted octanol–water partition coefficient (Wildman–Crippen LogP) is 6.14. The number of methoxy groups -OCH3 is 1. The molecule has 212 valence electrons. The van der Waals surface area contributed by atoms with Crippen molar-refractivity contribution in [2.24, 2.45) is 0 Å². The van der Waals surface area contributed by atoms with Crippen LogP contribution in [0.4, 0.5) is 10.1 Å². The number of ether oxygens (including phenoxy) is 4. The van der Waals surface area contributed by atoms with Crippen LogP contribution in [0.15, 0.2) is 48.5 Å². The van der Waals surface area contributed by atoms with Crippen LogP contribution in [-0.2, 0) is 22.4 Å². The molecular weight excluding hydrogens is 511 g/mol. The summed E-state index contributed by atoms with van der Waals surface area (Å²) in [6, 6.07) is 15.2. The fourth-order valence-electron chi connectivity index (χ4n) is 5.83. The first-order valence-corrected chi connectivity index (χ1v) is 13.9. The maximum Gasteiger partial charge on any atom is 0.238 e. The molecule has 7 nitrogen and oxygen atoms in total. The SMILES string of the molecule is CCc1cc(C)cc(CC)c1NC(=O)CN1C[C@H](c2cc3c(cc2F)OCO3)C[C@@H]1c1ccc(OCOC)cc1. The number of halogens is 1. The highest BCUT2D eigenvalue weighted by atomic mass is 19.1. The Morgan fingerprint density at radius 2 is 1.73 bits per heavy atom. The molecule has 0 bridgehead atoms. The molecular formula is C32H37FN2O5. The quantitative estimate of drug-likeness (QED) is 0.307. The molecule has 5 rings (SSSR count). The molecule has 2 atom stereocenters. The largest absolute Gasteiger partial charge is 0.468 e. The maximum absolute atomic E-state index is 15.2. The minimum absolute atomic E-state index is 0.0774. The highest BCUT2D eigenvalue weighted by Crippen LogP contribution is 2.44. The molecule has 0 spiro atoms. The summed E-state index contributed by atoms with van der Waals surface area (Å²) < 4.78 is 36.7. The maximum atomic E-state index is 15.2. The average molecular weight is 549 g/mol. The second kappa shape index (κ2) is 12.3. The average Bonchev–Trinajstić information content (AvgIpc) is 3.58.